The van der Waals surface area contributed by atoms with E-state index < -0.39 is 30.0 Å². The number of fused-ring (bicyclic) bond motifs is 1. The van der Waals surface area contributed by atoms with Gasteiger partial charge in [-0.3, -0.25) is 14.6 Å². The zero-order valence-electron chi connectivity index (χ0n) is 24.2. The minimum absolute atomic E-state index is 0.0803. The topological polar surface area (TPSA) is 142 Å². The molecule has 1 spiro atoms. The van der Waals surface area contributed by atoms with Gasteiger partial charge in [-0.1, -0.05) is 5.16 Å². The number of alkyl halides is 3. The summed E-state index contributed by atoms with van der Waals surface area (Å²) in [5, 5.41) is 21.3. The average molecular weight is 623 g/mol. The molecule has 234 valence electrons. The van der Waals surface area contributed by atoms with Crippen LogP contribution < -0.4 is 10.2 Å². The van der Waals surface area contributed by atoms with Crippen LogP contribution in [0.15, 0.2) is 41.3 Å². The normalized spacial score (nSPS) is 23.2. The third-order valence-electron chi connectivity index (χ3n) is 9.54. The molecule has 12 nitrogen and oxygen atoms in total. The Balaban J connectivity index is 0.943. The number of aryl methyl sites for hydroxylation is 1. The van der Waals surface area contributed by atoms with E-state index in [1.165, 1.54) is 6.20 Å². The molecule has 4 aromatic heterocycles. The Morgan fingerprint density at radius 1 is 1.18 bits per heavy atom. The molecular weight excluding hydrogens is 593 g/mol. The molecule has 2 saturated carbocycles. The maximum absolute atomic E-state index is 13.4. The third-order valence-corrected chi connectivity index (χ3v) is 9.54. The molecule has 2 saturated heterocycles. The van der Waals surface area contributed by atoms with Crippen LogP contribution in [-0.2, 0) is 4.79 Å². The van der Waals surface area contributed by atoms with E-state index in [0.717, 1.165) is 5.69 Å². The summed E-state index contributed by atoms with van der Waals surface area (Å²) < 4.78 is 46.5. The number of aromatic nitrogens is 5. The van der Waals surface area contributed by atoms with Gasteiger partial charge in [-0.2, -0.15) is 10.1 Å². The lowest BCUT2D eigenvalue weighted by atomic mass is 9.55. The number of halogens is 3. The highest BCUT2D eigenvalue weighted by Crippen LogP contribution is 2.57. The second kappa shape index (κ2) is 9.73. The minimum atomic E-state index is -2.75. The fraction of sp³-hybridized carbons (Fsp3) is 0.467. The minimum Gasteiger partial charge on any atom is -0.384 e. The molecule has 4 fully saturated rings. The number of amides is 2. The van der Waals surface area contributed by atoms with Crippen LogP contribution in [0.3, 0.4) is 0 Å². The van der Waals surface area contributed by atoms with Crippen LogP contribution in [0.1, 0.15) is 47.1 Å². The fourth-order valence-corrected chi connectivity index (χ4v) is 6.87. The van der Waals surface area contributed by atoms with Crippen molar-refractivity contribution in [2.45, 2.75) is 50.3 Å². The second-order valence-corrected chi connectivity index (χ2v) is 13.0. The maximum Gasteiger partial charge on any atom is 0.266 e. The molecule has 2 aliphatic heterocycles. The van der Waals surface area contributed by atoms with Crippen LogP contribution in [0.25, 0.3) is 16.9 Å². The quantitative estimate of drug-likeness (QED) is 0.318. The zero-order chi connectivity index (χ0) is 31.2. The van der Waals surface area contributed by atoms with E-state index in [-0.39, 0.29) is 35.9 Å². The Morgan fingerprint density at radius 3 is 2.64 bits per heavy atom. The van der Waals surface area contributed by atoms with Crippen molar-refractivity contribution in [3.8, 4) is 11.4 Å². The largest absolute Gasteiger partial charge is 0.384 e. The lowest BCUT2D eigenvalue weighted by Gasteiger charge is -2.62. The molecule has 2 N–H and O–H groups in total. The highest BCUT2D eigenvalue weighted by Gasteiger charge is 2.63. The van der Waals surface area contributed by atoms with E-state index in [1.807, 2.05) is 17.0 Å². The van der Waals surface area contributed by atoms with Gasteiger partial charge in [0.05, 0.1) is 40.5 Å². The van der Waals surface area contributed by atoms with E-state index in [9.17, 15) is 27.9 Å². The smallest absolute Gasteiger partial charge is 0.266 e. The predicted octanol–water partition coefficient (Wildman–Crippen LogP) is 3.22. The van der Waals surface area contributed by atoms with Gasteiger partial charge in [-0.25, -0.2) is 17.7 Å². The first-order valence-corrected chi connectivity index (χ1v) is 14.8. The van der Waals surface area contributed by atoms with Gasteiger partial charge in [0.25, 0.3) is 12.3 Å². The first kappa shape index (κ1) is 28.0. The molecule has 1 unspecified atom stereocenters. The molecule has 0 aromatic carbocycles. The first-order valence-electron chi connectivity index (χ1n) is 14.8. The lowest BCUT2D eigenvalue weighted by Crippen LogP contribution is -2.70. The fourth-order valence-electron chi connectivity index (χ4n) is 6.87. The number of carbonyl (C=O) groups excluding carboxylic acids is 2. The molecular formula is C30H29F3N8O4. The lowest BCUT2D eigenvalue weighted by molar-refractivity contribution is -0.209. The molecule has 4 aromatic rings. The summed E-state index contributed by atoms with van der Waals surface area (Å²) in [6.07, 6.45) is 1.47. The maximum atomic E-state index is 13.4. The molecule has 45 heavy (non-hydrogen) atoms. The number of nitrogens with zero attached hydrogens (tertiary/aromatic N) is 7. The van der Waals surface area contributed by atoms with Crippen molar-refractivity contribution >= 4 is 28.7 Å². The number of nitrogens with one attached hydrogen (secondary N) is 1. The SMILES string of the molecule is Cc1ncc(-c2noc(C3CN(C(=O)C4C[C@@H]4F)C3)n2)cc1NC(=O)c1cnn2ccc(N3CC4(C3)CC(O)(C(F)F)C4)cc12. The molecule has 2 amide bonds. The Bertz CT molecular complexity index is 1840. The molecule has 4 aliphatic rings. The number of anilines is 2. The average Bonchev–Trinajstić information content (AvgIpc) is 3.30. The molecule has 8 rings (SSSR count). The van der Waals surface area contributed by atoms with Crippen molar-refractivity contribution in [1.29, 1.82) is 0 Å². The zero-order valence-corrected chi connectivity index (χ0v) is 24.2. The summed E-state index contributed by atoms with van der Waals surface area (Å²) in [4.78, 5) is 38.2. The summed E-state index contributed by atoms with van der Waals surface area (Å²) >= 11 is 0. The summed E-state index contributed by atoms with van der Waals surface area (Å²) in [5.41, 5.74) is 1.10. The van der Waals surface area contributed by atoms with Gasteiger partial charge >= 0.3 is 0 Å². The van der Waals surface area contributed by atoms with Crippen LogP contribution in [0.2, 0.25) is 0 Å². The van der Waals surface area contributed by atoms with Crippen LogP contribution in [0.4, 0.5) is 24.5 Å². The van der Waals surface area contributed by atoms with Gasteiger partial charge in [0.15, 0.2) is 0 Å². The highest BCUT2D eigenvalue weighted by molar-refractivity contribution is 6.09. The van der Waals surface area contributed by atoms with Gasteiger partial charge in [-0.15, -0.1) is 0 Å². The number of pyridine rings is 2. The molecule has 2 aliphatic carbocycles. The summed E-state index contributed by atoms with van der Waals surface area (Å²) in [5.74, 6) is -0.538. The van der Waals surface area contributed by atoms with E-state index in [4.69, 9.17) is 4.52 Å². The van der Waals surface area contributed by atoms with Gasteiger partial charge in [-0.05, 0) is 44.4 Å². The summed E-state index contributed by atoms with van der Waals surface area (Å²) in [6, 6.07) is 5.40. The van der Waals surface area contributed by atoms with E-state index in [2.05, 4.69) is 25.5 Å². The molecule has 6 heterocycles. The number of rotatable bonds is 7. The van der Waals surface area contributed by atoms with Crippen molar-refractivity contribution in [2.75, 3.05) is 36.4 Å². The predicted molar refractivity (Wildman–Crippen MR) is 153 cm³/mol. The van der Waals surface area contributed by atoms with E-state index in [0.29, 0.717) is 66.5 Å². The molecule has 0 bridgehead atoms. The second-order valence-electron chi connectivity index (χ2n) is 13.0. The molecule has 2 atom stereocenters. The number of hydrogen-bond acceptors (Lipinski definition) is 9. The van der Waals surface area contributed by atoms with Crippen molar-refractivity contribution in [1.82, 2.24) is 29.6 Å². The van der Waals surface area contributed by atoms with Gasteiger partial charge in [0, 0.05) is 55.2 Å². The first-order chi connectivity index (χ1) is 21.5. The van der Waals surface area contributed by atoms with Crippen LogP contribution in [0, 0.1) is 18.3 Å². The van der Waals surface area contributed by atoms with Gasteiger partial charge in [0.2, 0.25) is 17.6 Å². The van der Waals surface area contributed by atoms with Crippen LogP contribution in [-0.4, -0.2) is 90.9 Å². The standard InChI is InChI=1S/C30H29F3N8O4/c1-15-22(4-16(7-34-15)24-37-26(45-38-24)17-9-39(10-17)27(43)19-6-21(19)31)36-25(42)20-8-35-41-3-2-18(5-23(20)41)40-13-29(14-40)11-30(44,12-29)28(32)33/h2-5,7-8,17,19,21,28,44H,6,9-14H2,1H3,(H,36,42)/t19?,21-/m0/s1. The Labute approximate surface area is 254 Å². The summed E-state index contributed by atoms with van der Waals surface area (Å²) in [7, 11) is 0. The Morgan fingerprint density at radius 2 is 1.93 bits per heavy atom. The van der Waals surface area contributed by atoms with Gasteiger partial charge in [0.1, 0.15) is 11.8 Å². The van der Waals surface area contributed by atoms with Crippen LogP contribution in [0.5, 0.6) is 0 Å². The number of hydrogen-bond donors (Lipinski definition) is 2. The third kappa shape index (κ3) is 4.62. The van der Waals surface area contributed by atoms with Gasteiger partial charge < -0.3 is 24.7 Å². The van der Waals surface area contributed by atoms with Crippen molar-refractivity contribution in [3.63, 3.8) is 0 Å². The number of likely N-dealkylation sites (tertiary alicyclic amines) is 1. The Hall–Kier alpha value is -4.53. The van der Waals surface area contributed by atoms with Crippen molar-refractivity contribution < 1.29 is 32.4 Å². The van der Waals surface area contributed by atoms with E-state index >= 15 is 0 Å². The summed E-state index contributed by atoms with van der Waals surface area (Å²) in [6.45, 7) is 3.67. The van der Waals surface area contributed by atoms with E-state index in [1.54, 1.807) is 34.8 Å². The monoisotopic (exact) mass is 622 g/mol. The van der Waals surface area contributed by atoms with Crippen molar-refractivity contribution in [3.05, 3.63) is 53.9 Å². The number of carbonyl (C=O) groups is 2. The Kier molecular flexibility index (Phi) is 6.05. The van der Waals surface area contributed by atoms with Crippen molar-refractivity contribution in [2.24, 2.45) is 11.3 Å². The number of aliphatic hydroxyl groups is 1. The van der Waals surface area contributed by atoms with Crippen LogP contribution >= 0.6 is 0 Å². The molecule has 0 radical (unpaired) electrons. The molecule has 15 heteroatoms. The highest BCUT2D eigenvalue weighted by atomic mass is 19.3.